The first-order chi connectivity index (χ1) is 5.91. The summed E-state index contributed by atoms with van der Waals surface area (Å²) in [5.41, 5.74) is 0. The van der Waals surface area contributed by atoms with Gasteiger partial charge in [0.05, 0.1) is 0 Å². The second-order valence-corrected chi connectivity index (χ2v) is 2.79. The highest BCUT2D eigenvalue weighted by Gasteiger charge is 1.95. The van der Waals surface area contributed by atoms with Gasteiger partial charge in [-0.05, 0) is 13.8 Å². The van der Waals surface area contributed by atoms with Crippen LogP contribution < -0.4 is 0 Å². The molecule has 0 N–H and O–H groups in total. The van der Waals surface area contributed by atoms with Crippen LogP contribution in [0, 0.1) is 0 Å². The van der Waals surface area contributed by atoms with Crippen LogP contribution in [0.3, 0.4) is 0 Å². The van der Waals surface area contributed by atoms with Crippen LogP contribution >= 0.6 is 0 Å². The fourth-order valence-electron chi connectivity index (χ4n) is 1.06. The summed E-state index contributed by atoms with van der Waals surface area (Å²) in [6.45, 7) is 8.00. The first-order valence-corrected chi connectivity index (χ1v) is 5.49. The Labute approximate surface area is 79.1 Å². The first kappa shape index (κ1) is 14.3. The predicted molar refractivity (Wildman–Crippen MR) is 59.5 cm³/mol. The van der Waals surface area contributed by atoms with Gasteiger partial charge < -0.3 is 0 Å². The molecule has 1 aliphatic carbocycles. The molecule has 0 heterocycles. The molecule has 74 valence electrons. The standard InChI is InChI=1S/C6H12.C4H8.C2H6/c1-2-4-6-5-3-1;1-3-4-2;1-2/h1-6H2;3-4H,1-2H3;1-2H3/b;4-3-;. The molecule has 0 aliphatic heterocycles. The Kier molecular flexibility index (Phi) is 20.2. The van der Waals surface area contributed by atoms with Crippen molar-refractivity contribution < 1.29 is 0 Å². The maximum absolute atomic E-state index is 2.00. The highest BCUT2D eigenvalue weighted by molar-refractivity contribution is 4.68. The first-order valence-electron chi connectivity index (χ1n) is 5.49. The maximum atomic E-state index is 2.00. The summed E-state index contributed by atoms with van der Waals surface area (Å²) >= 11 is 0. The van der Waals surface area contributed by atoms with E-state index in [2.05, 4.69) is 0 Å². The third kappa shape index (κ3) is 16.4. The van der Waals surface area contributed by atoms with Gasteiger partial charge >= 0.3 is 0 Å². The SMILES string of the molecule is C/C=C\C.C1CCCCC1.CC. The lowest BCUT2D eigenvalue weighted by Crippen LogP contribution is -1.85. The normalized spacial score (nSPS) is 15.7. The Balaban J connectivity index is 0. The Hall–Kier alpha value is -0.260. The number of rotatable bonds is 0. The predicted octanol–water partition coefficient (Wildman–Crippen LogP) is 4.95. The van der Waals surface area contributed by atoms with E-state index in [-0.39, 0.29) is 0 Å². The molecule has 1 aliphatic rings. The smallest absolute Gasteiger partial charge is 0.0470 e. The van der Waals surface area contributed by atoms with Crippen LogP contribution in [0.5, 0.6) is 0 Å². The fourth-order valence-corrected chi connectivity index (χ4v) is 1.06. The molecule has 0 amide bonds. The minimum Gasteiger partial charge on any atom is -0.0919 e. The van der Waals surface area contributed by atoms with E-state index in [1.807, 2.05) is 39.8 Å². The van der Waals surface area contributed by atoms with Gasteiger partial charge in [-0.1, -0.05) is 64.5 Å². The van der Waals surface area contributed by atoms with Gasteiger partial charge in [-0.25, -0.2) is 0 Å². The number of hydrogen-bond acceptors (Lipinski definition) is 0. The number of allylic oxidation sites excluding steroid dienone is 2. The third-order valence-electron chi connectivity index (χ3n) is 1.83. The van der Waals surface area contributed by atoms with Gasteiger partial charge in [-0.15, -0.1) is 0 Å². The Morgan fingerprint density at radius 1 is 0.583 bits per heavy atom. The summed E-state index contributed by atoms with van der Waals surface area (Å²) in [5, 5.41) is 0. The van der Waals surface area contributed by atoms with Gasteiger partial charge in [-0.2, -0.15) is 0 Å². The second-order valence-electron chi connectivity index (χ2n) is 2.79. The van der Waals surface area contributed by atoms with Crippen LogP contribution in [0.15, 0.2) is 12.2 Å². The van der Waals surface area contributed by atoms with Crippen molar-refractivity contribution in [1.82, 2.24) is 0 Å². The van der Waals surface area contributed by atoms with Gasteiger partial charge in [-0.3, -0.25) is 0 Å². The van der Waals surface area contributed by atoms with Crippen LogP contribution in [-0.4, -0.2) is 0 Å². The van der Waals surface area contributed by atoms with E-state index >= 15 is 0 Å². The molecule has 0 saturated heterocycles. The monoisotopic (exact) mass is 170 g/mol. The summed E-state index contributed by atoms with van der Waals surface area (Å²) < 4.78 is 0. The molecule has 0 aromatic rings. The lowest BCUT2D eigenvalue weighted by atomic mass is 10.0. The van der Waals surface area contributed by atoms with E-state index in [0.717, 1.165) is 0 Å². The van der Waals surface area contributed by atoms with Crippen molar-refractivity contribution in [1.29, 1.82) is 0 Å². The quantitative estimate of drug-likeness (QED) is 0.451. The molecule has 1 rings (SSSR count). The molecule has 0 aromatic heterocycles. The highest BCUT2D eigenvalue weighted by Crippen LogP contribution is 2.15. The van der Waals surface area contributed by atoms with Gasteiger partial charge in [0.1, 0.15) is 0 Å². The zero-order valence-electron chi connectivity index (χ0n) is 9.40. The minimum atomic E-state index is 1.50. The zero-order chi connectivity index (χ0) is 9.66. The van der Waals surface area contributed by atoms with Crippen molar-refractivity contribution in [3.63, 3.8) is 0 Å². The molecular formula is C12H26. The van der Waals surface area contributed by atoms with Crippen molar-refractivity contribution in [2.75, 3.05) is 0 Å². The van der Waals surface area contributed by atoms with E-state index < -0.39 is 0 Å². The fraction of sp³-hybridized carbons (Fsp3) is 0.833. The van der Waals surface area contributed by atoms with E-state index in [1.165, 1.54) is 38.5 Å². The Bertz CT molecular complexity index is 52.6. The van der Waals surface area contributed by atoms with Crippen LogP contribution in [0.25, 0.3) is 0 Å². The summed E-state index contributed by atoms with van der Waals surface area (Å²) in [5.74, 6) is 0. The third-order valence-corrected chi connectivity index (χ3v) is 1.83. The van der Waals surface area contributed by atoms with E-state index in [9.17, 15) is 0 Å². The summed E-state index contributed by atoms with van der Waals surface area (Å²) in [6, 6.07) is 0. The van der Waals surface area contributed by atoms with Gasteiger partial charge in [0.25, 0.3) is 0 Å². The topological polar surface area (TPSA) is 0 Å². The van der Waals surface area contributed by atoms with Gasteiger partial charge in [0, 0.05) is 0 Å². The van der Waals surface area contributed by atoms with Crippen molar-refractivity contribution in [2.24, 2.45) is 0 Å². The molecule has 1 saturated carbocycles. The molecule has 0 heteroatoms. The van der Waals surface area contributed by atoms with Gasteiger partial charge in [0.2, 0.25) is 0 Å². The van der Waals surface area contributed by atoms with Crippen molar-refractivity contribution in [2.45, 2.75) is 66.2 Å². The molecule has 0 spiro atoms. The van der Waals surface area contributed by atoms with Crippen molar-refractivity contribution in [3.8, 4) is 0 Å². The lowest BCUT2D eigenvalue weighted by molar-refractivity contribution is 0.504. The molecule has 0 unspecified atom stereocenters. The second kappa shape index (κ2) is 17.0. The number of hydrogen-bond donors (Lipinski definition) is 0. The van der Waals surface area contributed by atoms with Gasteiger partial charge in [0.15, 0.2) is 0 Å². The molecular weight excluding hydrogens is 144 g/mol. The van der Waals surface area contributed by atoms with Crippen LogP contribution in [0.2, 0.25) is 0 Å². The van der Waals surface area contributed by atoms with Crippen molar-refractivity contribution >= 4 is 0 Å². The molecule has 0 nitrogen and oxygen atoms in total. The molecule has 0 radical (unpaired) electrons. The summed E-state index contributed by atoms with van der Waals surface area (Å²) in [4.78, 5) is 0. The Morgan fingerprint density at radius 3 is 0.833 bits per heavy atom. The van der Waals surface area contributed by atoms with Crippen LogP contribution in [0.4, 0.5) is 0 Å². The molecule has 1 fully saturated rings. The lowest BCUT2D eigenvalue weighted by Gasteiger charge is -2.05. The average molecular weight is 170 g/mol. The molecule has 0 bridgehead atoms. The minimum absolute atomic E-state index is 1.50. The average Bonchev–Trinajstić information content (AvgIpc) is 2.24. The summed E-state index contributed by atoms with van der Waals surface area (Å²) in [7, 11) is 0. The van der Waals surface area contributed by atoms with Crippen LogP contribution in [-0.2, 0) is 0 Å². The van der Waals surface area contributed by atoms with Crippen LogP contribution in [0.1, 0.15) is 66.2 Å². The van der Waals surface area contributed by atoms with E-state index in [4.69, 9.17) is 0 Å². The van der Waals surface area contributed by atoms with E-state index in [1.54, 1.807) is 0 Å². The molecule has 12 heavy (non-hydrogen) atoms. The maximum Gasteiger partial charge on any atom is -0.0470 e. The summed E-state index contributed by atoms with van der Waals surface area (Å²) in [6.07, 6.45) is 13.0. The van der Waals surface area contributed by atoms with Crippen molar-refractivity contribution in [3.05, 3.63) is 12.2 Å². The zero-order valence-corrected chi connectivity index (χ0v) is 9.40. The molecule has 0 aromatic carbocycles. The Morgan fingerprint density at radius 2 is 0.750 bits per heavy atom. The van der Waals surface area contributed by atoms with E-state index in [0.29, 0.717) is 0 Å². The highest BCUT2D eigenvalue weighted by atomic mass is 14.0. The largest absolute Gasteiger partial charge is 0.0919 e. The molecule has 0 atom stereocenters.